The van der Waals surface area contributed by atoms with Gasteiger partial charge in [-0.25, -0.2) is 0 Å². The fourth-order valence-electron chi connectivity index (χ4n) is 3.57. The molecule has 1 N–H and O–H groups in total. The summed E-state index contributed by atoms with van der Waals surface area (Å²) in [6, 6.07) is 19.6. The number of rotatable bonds is 6. The number of benzene rings is 2. The standard InChI is InChI=1S/C22H27N3O2/c1-24(17-21(26)23-20-12-6-3-7-13-20)22(27)19-11-8-14-25(16-19)15-18-9-4-2-5-10-18/h2-7,9-10,12-13,19H,8,11,14-17H2,1H3,(H,23,26). The Morgan fingerprint density at radius 3 is 2.44 bits per heavy atom. The molecule has 1 fully saturated rings. The molecule has 2 amide bonds. The van der Waals surface area contributed by atoms with Crippen LogP contribution in [0.2, 0.25) is 0 Å². The summed E-state index contributed by atoms with van der Waals surface area (Å²) in [5.74, 6) is -0.165. The Kier molecular flexibility index (Phi) is 6.60. The molecule has 142 valence electrons. The Labute approximate surface area is 161 Å². The number of hydrogen-bond acceptors (Lipinski definition) is 3. The van der Waals surface area contributed by atoms with Crippen molar-refractivity contribution in [2.75, 3.05) is 32.0 Å². The molecule has 5 heteroatoms. The number of hydrogen-bond donors (Lipinski definition) is 1. The maximum absolute atomic E-state index is 12.8. The Bertz CT molecular complexity index is 749. The van der Waals surface area contributed by atoms with Gasteiger partial charge in [0, 0.05) is 25.8 Å². The second-order valence-electron chi connectivity index (χ2n) is 7.17. The lowest BCUT2D eigenvalue weighted by molar-refractivity contribution is -0.138. The summed E-state index contributed by atoms with van der Waals surface area (Å²) in [4.78, 5) is 28.9. The Morgan fingerprint density at radius 1 is 1.07 bits per heavy atom. The molecule has 2 aromatic rings. The van der Waals surface area contributed by atoms with Crippen LogP contribution in [0.3, 0.4) is 0 Å². The zero-order valence-electron chi connectivity index (χ0n) is 15.8. The van der Waals surface area contributed by atoms with E-state index in [-0.39, 0.29) is 24.3 Å². The van der Waals surface area contributed by atoms with Crippen LogP contribution in [0.5, 0.6) is 0 Å². The normalized spacial score (nSPS) is 17.3. The van der Waals surface area contributed by atoms with Crippen molar-refractivity contribution >= 4 is 17.5 Å². The molecule has 0 saturated carbocycles. The molecule has 1 aliphatic heterocycles. The van der Waals surface area contributed by atoms with E-state index in [1.165, 1.54) is 5.56 Å². The number of anilines is 1. The van der Waals surface area contributed by atoms with Gasteiger partial charge in [-0.2, -0.15) is 0 Å². The van der Waals surface area contributed by atoms with Gasteiger partial charge in [-0.3, -0.25) is 14.5 Å². The van der Waals surface area contributed by atoms with E-state index in [9.17, 15) is 9.59 Å². The van der Waals surface area contributed by atoms with Gasteiger partial charge in [0.2, 0.25) is 11.8 Å². The highest BCUT2D eigenvalue weighted by molar-refractivity contribution is 5.94. The number of para-hydroxylation sites is 1. The van der Waals surface area contributed by atoms with Crippen molar-refractivity contribution in [3.05, 3.63) is 66.2 Å². The summed E-state index contributed by atoms with van der Waals surface area (Å²) in [6.45, 7) is 2.70. The first-order valence-electron chi connectivity index (χ1n) is 9.48. The van der Waals surface area contributed by atoms with Crippen molar-refractivity contribution in [2.45, 2.75) is 19.4 Å². The predicted octanol–water partition coefficient (Wildman–Crippen LogP) is 3.00. The van der Waals surface area contributed by atoms with Crippen molar-refractivity contribution < 1.29 is 9.59 Å². The number of nitrogens with zero attached hydrogens (tertiary/aromatic N) is 2. The molecule has 1 aliphatic rings. The van der Waals surface area contributed by atoms with Crippen LogP contribution in [0.25, 0.3) is 0 Å². The van der Waals surface area contributed by atoms with E-state index in [0.717, 1.165) is 38.2 Å². The Morgan fingerprint density at radius 2 is 1.74 bits per heavy atom. The highest BCUT2D eigenvalue weighted by Crippen LogP contribution is 2.20. The summed E-state index contributed by atoms with van der Waals surface area (Å²) >= 11 is 0. The summed E-state index contributed by atoms with van der Waals surface area (Å²) in [7, 11) is 1.71. The summed E-state index contributed by atoms with van der Waals surface area (Å²) in [6.07, 6.45) is 1.89. The molecule has 0 aromatic heterocycles. The second-order valence-corrected chi connectivity index (χ2v) is 7.17. The first-order chi connectivity index (χ1) is 13.1. The van der Waals surface area contributed by atoms with E-state index in [0.29, 0.717) is 0 Å². The second kappa shape index (κ2) is 9.33. The smallest absolute Gasteiger partial charge is 0.243 e. The largest absolute Gasteiger partial charge is 0.336 e. The predicted molar refractivity (Wildman–Crippen MR) is 107 cm³/mol. The summed E-state index contributed by atoms with van der Waals surface area (Å²) < 4.78 is 0. The molecule has 1 unspecified atom stereocenters. The zero-order valence-corrected chi connectivity index (χ0v) is 15.8. The van der Waals surface area contributed by atoms with Gasteiger partial charge < -0.3 is 10.2 Å². The lowest BCUT2D eigenvalue weighted by atomic mass is 9.96. The molecule has 1 atom stereocenters. The minimum Gasteiger partial charge on any atom is -0.336 e. The molecule has 0 radical (unpaired) electrons. The fraction of sp³-hybridized carbons (Fsp3) is 0.364. The fourth-order valence-corrected chi connectivity index (χ4v) is 3.57. The average molecular weight is 365 g/mol. The van der Waals surface area contributed by atoms with Crippen molar-refractivity contribution in [2.24, 2.45) is 5.92 Å². The monoisotopic (exact) mass is 365 g/mol. The van der Waals surface area contributed by atoms with Crippen molar-refractivity contribution in [1.82, 2.24) is 9.80 Å². The first kappa shape index (κ1) is 19.1. The molecule has 0 aliphatic carbocycles. The van der Waals surface area contributed by atoms with Gasteiger partial charge in [0.15, 0.2) is 0 Å². The molecule has 27 heavy (non-hydrogen) atoms. The topological polar surface area (TPSA) is 52.7 Å². The average Bonchev–Trinajstić information content (AvgIpc) is 2.69. The number of amides is 2. The number of carbonyl (C=O) groups is 2. The first-order valence-corrected chi connectivity index (χ1v) is 9.48. The molecule has 1 heterocycles. The van der Waals surface area contributed by atoms with Crippen LogP contribution in [-0.2, 0) is 16.1 Å². The van der Waals surface area contributed by atoms with E-state index in [2.05, 4.69) is 22.3 Å². The Hall–Kier alpha value is -2.66. The van der Waals surface area contributed by atoms with E-state index in [1.54, 1.807) is 11.9 Å². The number of piperidine rings is 1. The van der Waals surface area contributed by atoms with Gasteiger partial charge in [0.1, 0.15) is 0 Å². The maximum atomic E-state index is 12.8. The lowest BCUT2D eigenvalue weighted by Crippen LogP contribution is -2.45. The SMILES string of the molecule is CN(CC(=O)Nc1ccccc1)C(=O)C1CCCN(Cc2ccccc2)C1. The molecule has 0 spiro atoms. The van der Waals surface area contributed by atoms with Crippen LogP contribution in [0.1, 0.15) is 18.4 Å². The van der Waals surface area contributed by atoms with Crippen LogP contribution >= 0.6 is 0 Å². The molecule has 3 rings (SSSR count). The van der Waals surface area contributed by atoms with Crippen LogP contribution in [0.4, 0.5) is 5.69 Å². The van der Waals surface area contributed by atoms with Gasteiger partial charge in [0.05, 0.1) is 12.5 Å². The lowest BCUT2D eigenvalue weighted by Gasteiger charge is -2.33. The third-order valence-corrected chi connectivity index (χ3v) is 4.92. The molecular formula is C22H27N3O2. The molecule has 1 saturated heterocycles. The van der Waals surface area contributed by atoms with Crippen LogP contribution in [0, 0.1) is 5.92 Å². The molecule has 2 aromatic carbocycles. The molecule has 5 nitrogen and oxygen atoms in total. The number of likely N-dealkylation sites (tertiary alicyclic amines) is 1. The third-order valence-electron chi connectivity index (χ3n) is 4.92. The van der Waals surface area contributed by atoms with E-state index in [1.807, 2.05) is 48.5 Å². The van der Waals surface area contributed by atoms with Gasteiger partial charge in [-0.1, -0.05) is 48.5 Å². The number of likely N-dealkylation sites (N-methyl/N-ethyl adjacent to an activating group) is 1. The van der Waals surface area contributed by atoms with Crippen LogP contribution in [-0.4, -0.2) is 48.3 Å². The molecule has 0 bridgehead atoms. The van der Waals surface area contributed by atoms with Crippen molar-refractivity contribution in [3.8, 4) is 0 Å². The van der Waals surface area contributed by atoms with Crippen LogP contribution < -0.4 is 5.32 Å². The quantitative estimate of drug-likeness (QED) is 0.856. The van der Waals surface area contributed by atoms with Gasteiger partial charge in [-0.05, 0) is 37.1 Å². The highest BCUT2D eigenvalue weighted by Gasteiger charge is 2.28. The minimum absolute atomic E-state index is 0.0445. The van der Waals surface area contributed by atoms with Crippen LogP contribution in [0.15, 0.2) is 60.7 Å². The molecular weight excluding hydrogens is 338 g/mol. The Balaban J connectivity index is 1.50. The number of carbonyl (C=O) groups excluding carboxylic acids is 2. The van der Waals surface area contributed by atoms with E-state index in [4.69, 9.17) is 0 Å². The summed E-state index contributed by atoms with van der Waals surface area (Å²) in [5, 5.41) is 2.83. The van der Waals surface area contributed by atoms with Gasteiger partial charge in [-0.15, -0.1) is 0 Å². The maximum Gasteiger partial charge on any atom is 0.243 e. The van der Waals surface area contributed by atoms with Gasteiger partial charge >= 0.3 is 0 Å². The van der Waals surface area contributed by atoms with Crippen molar-refractivity contribution in [3.63, 3.8) is 0 Å². The minimum atomic E-state index is -0.172. The summed E-state index contributed by atoms with van der Waals surface area (Å²) in [5.41, 5.74) is 2.01. The third kappa shape index (κ3) is 5.66. The van der Waals surface area contributed by atoms with Crippen molar-refractivity contribution in [1.29, 1.82) is 0 Å². The van der Waals surface area contributed by atoms with Gasteiger partial charge in [0.25, 0.3) is 0 Å². The highest BCUT2D eigenvalue weighted by atomic mass is 16.2. The number of nitrogens with one attached hydrogen (secondary N) is 1. The van der Waals surface area contributed by atoms with E-state index >= 15 is 0 Å². The zero-order chi connectivity index (χ0) is 19.1. The van der Waals surface area contributed by atoms with E-state index < -0.39 is 0 Å².